The monoisotopic (exact) mass is 419 g/mol. The van der Waals surface area contributed by atoms with Gasteiger partial charge in [-0.15, -0.1) is 0 Å². The molecule has 0 radical (unpaired) electrons. The summed E-state index contributed by atoms with van der Waals surface area (Å²) in [5.41, 5.74) is 7.11. The van der Waals surface area contributed by atoms with Crippen LogP contribution in [0.4, 0.5) is 29.3 Å². The van der Waals surface area contributed by atoms with Gasteiger partial charge in [0.05, 0.1) is 11.6 Å². The fraction of sp³-hybridized carbons (Fsp3) is 0.238. The van der Waals surface area contributed by atoms with Gasteiger partial charge in [0.25, 0.3) is 0 Å². The Morgan fingerprint density at radius 3 is 2.53 bits per heavy atom. The minimum absolute atomic E-state index is 0.0541. The van der Waals surface area contributed by atoms with Crippen LogP contribution in [0.1, 0.15) is 16.7 Å². The molecule has 3 rings (SSSR count). The molecule has 0 aromatic heterocycles. The minimum Gasteiger partial charge on any atom is -0.445 e. The quantitative estimate of drug-likeness (QED) is 0.725. The highest BCUT2D eigenvalue weighted by Crippen LogP contribution is 2.37. The third-order valence-corrected chi connectivity index (χ3v) is 4.80. The van der Waals surface area contributed by atoms with Gasteiger partial charge in [0.15, 0.2) is 0 Å². The molecule has 3 N–H and O–H groups in total. The van der Waals surface area contributed by atoms with Crippen LogP contribution in [0.2, 0.25) is 0 Å². The van der Waals surface area contributed by atoms with E-state index in [0.29, 0.717) is 24.2 Å². The summed E-state index contributed by atoms with van der Waals surface area (Å²) in [5.74, 6) is -0.360. The zero-order valence-electron chi connectivity index (χ0n) is 15.9. The van der Waals surface area contributed by atoms with E-state index >= 15 is 0 Å². The Morgan fingerprint density at radius 1 is 1.23 bits per heavy atom. The van der Waals surface area contributed by atoms with Crippen LogP contribution in [-0.4, -0.2) is 24.6 Å². The smallest absolute Gasteiger partial charge is 0.416 e. The number of rotatable bonds is 5. The standard InChI is InChI=1S/C21H20F3N3O3/c1-2-19(28)26-15-10-17-13(12-30-20(25)29)4-3-5-18(17)27(11-15)16-8-6-14(7-9-16)21(22,23)24/h2-9,15H,1,10-12H2,(H2,25,29)(H,26,28). The third-order valence-electron chi connectivity index (χ3n) is 4.80. The largest absolute Gasteiger partial charge is 0.445 e. The van der Waals surface area contributed by atoms with Crippen LogP contribution in [0, 0.1) is 0 Å². The number of hydrogen-bond donors (Lipinski definition) is 2. The molecule has 1 heterocycles. The van der Waals surface area contributed by atoms with Crippen molar-refractivity contribution in [1.29, 1.82) is 0 Å². The molecule has 6 nitrogen and oxygen atoms in total. The van der Waals surface area contributed by atoms with Gasteiger partial charge in [0, 0.05) is 17.9 Å². The lowest BCUT2D eigenvalue weighted by atomic mass is 9.93. The fourth-order valence-electron chi connectivity index (χ4n) is 3.46. The van der Waals surface area contributed by atoms with E-state index in [-0.39, 0.29) is 18.6 Å². The highest BCUT2D eigenvalue weighted by Gasteiger charge is 2.32. The van der Waals surface area contributed by atoms with Crippen LogP contribution in [0.25, 0.3) is 0 Å². The first kappa shape index (κ1) is 21.2. The van der Waals surface area contributed by atoms with E-state index in [2.05, 4.69) is 11.9 Å². The van der Waals surface area contributed by atoms with Gasteiger partial charge in [-0.25, -0.2) is 4.79 Å². The Kier molecular flexibility index (Phi) is 6.00. The molecule has 9 heteroatoms. The van der Waals surface area contributed by atoms with Gasteiger partial charge in [-0.1, -0.05) is 18.7 Å². The SMILES string of the molecule is C=CC(=O)NC1Cc2c(COC(N)=O)cccc2N(c2ccc(C(F)(F)F)cc2)C1. The van der Waals surface area contributed by atoms with Crippen LogP contribution in [-0.2, 0) is 28.7 Å². The molecule has 1 unspecified atom stereocenters. The van der Waals surface area contributed by atoms with Gasteiger partial charge < -0.3 is 20.7 Å². The number of ether oxygens (including phenoxy) is 1. The van der Waals surface area contributed by atoms with Crippen molar-refractivity contribution in [2.75, 3.05) is 11.4 Å². The molecule has 0 saturated heterocycles. The highest BCUT2D eigenvalue weighted by atomic mass is 19.4. The number of anilines is 2. The Bertz CT molecular complexity index is 958. The second kappa shape index (κ2) is 8.48. The first-order chi connectivity index (χ1) is 14.2. The summed E-state index contributed by atoms with van der Waals surface area (Å²) in [6.45, 7) is 3.73. The summed E-state index contributed by atoms with van der Waals surface area (Å²) in [4.78, 5) is 24.7. The normalized spacial score (nSPS) is 15.8. The van der Waals surface area contributed by atoms with Crippen molar-refractivity contribution < 1.29 is 27.5 Å². The van der Waals surface area contributed by atoms with Gasteiger partial charge >= 0.3 is 12.3 Å². The summed E-state index contributed by atoms with van der Waals surface area (Å²) < 4.78 is 43.7. The number of nitrogens with zero attached hydrogens (tertiary/aromatic N) is 1. The molecular formula is C21H20F3N3O3. The number of alkyl halides is 3. The number of nitrogens with one attached hydrogen (secondary N) is 1. The van der Waals surface area contributed by atoms with E-state index in [4.69, 9.17) is 10.5 Å². The van der Waals surface area contributed by atoms with Crippen LogP contribution in [0.3, 0.4) is 0 Å². The maximum atomic E-state index is 12.9. The van der Waals surface area contributed by atoms with E-state index in [0.717, 1.165) is 29.5 Å². The van der Waals surface area contributed by atoms with Crippen molar-refractivity contribution in [2.45, 2.75) is 25.2 Å². The number of amides is 2. The number of carbonyl (C=O) groups excluding carboxylic acids is 2. The van der Waals surface area contributed by atoms with E-state index < -0.39 is 17.8 Å². The first-order valence-corrected chi connectivity index (χ1v) is 9.09. The zero-order valence-corrected chi connectivity index (χ0v) is 15.9. The van der Waals surface area contributed by atoms with Crippen LogP contribution >= 0.6 is 0 Å². The van der Waals surface area contributed by atoms with Crippen LogP contribution in [0.15, 0.2) is 55.1 Å². The molecule has 0 fully saturated rings. The third kappa shape index (κ3) is 4.73. The Morgan fingerprint density at radius 2 is 1.93 bits per heavy atom. The average molecular weight is 419 g/mol. The van der Waals surface area contributed by atoms with Gasteiger partial charge in [0.2, 0.25) is 5.91 Å². The summed E-state index contributed by atoms with van der Waals surface area (Å²) in [6, 6.07) is 9.82. The molecule has 1 atom stereocenters. The number of fused-ring (bicyclic) bond motifs is 1. The lowest BCUT2D eigenvalue weighted by molar-refractivity contribution is -0.137. The minimum atomic E-state index is -4.43. The summed E-state index contributed by atoms with van der Waals surface area (Å²) in [5, 5.41) is 2.83. The molecule has 2 aromatic carbocycles. The zero-order chi connectivity index (χ0) is 21.9. The second-order valence-corrected chi connectivity index (χ2v) is 6.79. The topological polar surface area (TPSA) is 84.7 Å². The van der Waals surface area contributed by atoms with Crippen molar-refractivity contribution in [3.05, 3.63) is 71.8 Å². The molecule has 2 aromatic rings. The molecule has 0 spiro atoms. The Labute approximate surface area is 171 Å². The number of nitrogens with two attached hydrogens (primary N) is 1. The fourth-order valence-corrected chi connectivity index (χ4v) is 3.46. The molecule has 0 saturated carbocycles. The average Bonchev–Trinajstić information content (AvgIpc) is 2.71. The molecule has 30 heavy (non-hydrogen) atoms. The Hall–Kier alpha value is -3.49. The van der Waals surface area contributed by atoms with Crippen molar-refractivity contribution in [1.82, 2.24) is 5.32 Å². The molecular weight excluding hydrogens is 399 g/mol. The maximum absolute atomic E-state index is 12.9. The lowest BCUT2D eigenvalue weighted by Gasteiger charge is -2.37. The predicted molar refractivity (Wildman–Crippen MR) is 105 cm³/mol. The predicted octanol–water partition coefficient (Wildman–Crippen LogP) is 3.67. The highest BCUT2D eigenvalue weighted by molar-refractivity contribution is 5.87. The summed E-state index contributed by atoms with van der Waals surface area (Å²) >= 11 is 0. The first-order valence-electron chi connectivity index (χ1n) is 9.09. The number of primary amides is 1. The van der Waals surface area contributed by atoms with Crippen molar-refractivity contribution in [3.8, 4) is 0 Å². The molecule has 1 aliphatic rings. The van der Waals surface area contributed by atoms with Gasteiger partial charge in [-0.3, -0.25) is 4.79 Å². The second-order valence-electron chi connectivity index (χ2n) is 6.79. The summed E-state index contributed by atoms with van der Waals surface area (Å²) in [7, 11) is 0. The number of halogens is 3. The van der Waals surface area contributed by atoms with Crippen molar-refractivity contribution >= 4 is 23.4 Å². The van der Waals surface area contributed by atoms with E-state index in [9.17, 15) is 22.8 Å². The van der Waals surface area contributed by atoms with Gasteiger partial charge in [0.1, 0.15) is 6.61 Å². The van der Waals surface area contributed by atoms with E-state index in [1.807, 2.05) is 11.0 Å². The molecule has 1 aliphatic heterocycles. The van der Waals surface area contributed by atoms with Crippen LogP contribution in [0.5, 0.6) is 0 Å². The Balaban J connectivity index is 2.00. The molecule has 0 aliphatic carbocycles. The van der Waals surface area contributed by atoms with Gasteiger partial charge in [-0.05, 0) is 54.0 Å². The van der Waals surface area contributed by atoms with Gasteiger partial charge in [-0.2, -0.15) is 13.2 Å². The lowest BCUT2D eigenvalue weighted by Crippen LogP contribution is -2.46. The molecule has 158 valence electrons. The molecule has 2 amide bonds. The van der Waals surface area contributed by atoms with Crippen molar-refractivity contribution in [3.63, 3.8) is 0 Å². The number of carbonyl (C=O) groups is 2. The van der Waals surface area contributed by atoms with Crippen molar-refractivity contribution in [2.24, 2.45) is 5.73 Å². The van der Waals surface area contributed by atoms with E-state index in [1.54, 1.807) is 12.1 Å². The van der Waals surface area contributed by atoms with Crippen LogP contribution < -0.4 is 16.0 Å². The summed E-state index contributed by atoms with van der Waals surface area (Å²) in [6.07, 6.45) is -3.75. The van der Waals surface area contributed by atoms with E-state index in [1.165, 1.54) is 12.1 Å². The molecule has 0 bridgehead atoms. The maximum Gasteiger partial charge on any atom is 0.416 e. The number of benzene rings is 2. The number of hydrogen-bond acceptors (Lipinski definition) is 4.